The van der Waals surface area contributed by atoms with E-state index in [-0.39, 0.29) is 18.2 Å². The first-order valence-electron chi connectivity index (χ1n) is 9.56. The number of nitrogens with zero attached hydrogens (tertiary/aromatic N) is 2. The molecule has 0 aromatic heterocycles. The molecular formula is C22H21N3O4S. The van der Waals surface area contributed by atoms with Crippen LogP contribution >= 0.6 is 0 Å². The number of sulfonamides is 1. The second-order valence-electron chi connectivity index (χ2n) is 6.81. The number of amidine groups is 1. The maximum atomic E-state index is 12.4. The van der Waals surface area contributed by atoms with Gasteiger partial charge in [-0.2, -0.15) is 0 Å². The molecule has 0 unspecified atom stereocenters. The van der Waals surface area contributed by atoms with E-state index in [0.717, 1.165) is 16.9 Å². The van der Waals surface area contributed by atoms with Crippen LogP contribution in [-0.4, -0.2) is 50.5 Å². The third kappa shape index (κ3) is 4.60. The highest BCUT2D eigenvalue weighted by atomic mass is 32.2. The normalized spacial score (nSPS) is 16.9. The van der Waals surface area contributed by atoms with Crippen molar-refractivity contribution in [1.82, 2.24) is 10.2 Å². The lowest BCUT2D eigenvalue weighted by atomic mass is 10.1. The zero-order chi connectivity index (χ0) is 21.0. The molecule has 0 aliphatic carbocycles. The van der Waals surface area contributed by atoms with E-state index in [1.54, 1.807) is 17.2 Å². The van der Waals surface area contributed by atoms with Crippen molar-refractivity contribution >= 4 is 21.8 Å². The fraction of sp³-hybridized carbons (Fsp3) is 0.182. The lowest BCUT2D eigenvalue weighted by molar-refractivity contribution is -0.117. The SMILES string of the molecule is O=C(NCCOc1ccccc1-c1ccccc1)C1=CN2CCS(=O)(=O)N=C2C=C1. The monoisotopic (exact) mass is 423 g/mol. The Labute approximate surface area is 175 Å². The van der Waals surface area contributed by atoms with Crippen molar-refractivity contribution in [3.8, 4) is 16.9 Å². The second kappa shape index (κ2) is 8.54. The van der Waals surface area contributed by atoms with Crippen LogP contribution in [0.5, 0.6) is 5.75 Å². The fourth-order valence-corrected chi connectivity index (χ4v) is 4.18. The van der Waals surface area contributed by atoms with Crippen molar-refractivity contribution < 1.29 is 17.9 Å². The number of carbonyl (C=O) groups is 1. The molecule has 2 aromatic rings. The van der Waals surface area contributed by atoms with Crippen LogP contribution < -0.4 is 10.1 Å². The summed E-state index contributed by atoms with van der Waals surface area (Å²) in [4.78, 5) is 14.1. The molecule has 0 saturated carbocycles. The lowest BCUT2D eigenvalue weighted by Gasteiger charge is -2.26. The van der Waals surface area contributed by atoms with Gasteiger partial charge in [0.25, 0.3) is 15.9 Å². The summed E-state index contributed by atoms with van der Waals surface area (Å²) in [6, 6.07) is 17.7. The van der Waals surface area contributed by atoms with E-state index in [2.05, 4.69) is 9.71 Å². The van der Waals surface area contributed by atoms with Gasteiger partial charge in [0, 0.05) is 18.3 Å². The van der Waals surface area contributed by atoms with E-state index < -0.39 is 10.0 Å². The molecule has 30 heavy (non-hydrogen) atoms. The number of hydrogen-bond acceptors (Lipinski definition) is 5. The Morgan fingerprint density at radius 3 is 2.67 bits per heavy atom. The van der Waals surface area contributed by atoms with Gasteiger partial charge < -0.3 is 15.0 Å². The largest absolute Gasteiger partial charge is 0.491 e. The molecule has 0 bridgehead atoms. The van der Waals surface area contributed by atoms with Crippen molar-refractivity contribution in [2.45, 2.75) is 0 Å². The predicted molar refractivity (Wildman–Crippen MR) is 116 cm³/mol. The Bertz CT molecular complexity index is 1140. The number of ether oxygens (including phenoxy) is 1. The first-order chi connectivity index (χ1) is 14.5. The van der Waals surface area contributed by atoms with Gasteiger partial charge in [0.2, 0.25) is 0 Å². The summed E-state index contributed by atoms with van der Waals surface area (Å²) in [6.07, 6.45) is 4.73. The van der Waals surface area contributed by atoms with Crippen LogP contribution in [0.25, 0.3) is 11.1 Å². The molecule has 1 N–H and O–H groups in total. The molecule has 2 aliphatic rings. The molecule has 0 fully saturated rings. The Morgan fingerprint density at radius 2 is 1.83 bits per heavy atom. The van der Waals surface area contributed by atoms with E-state index in [4.69, 9.17) is 4.74 Å². The molecule has 2 aromatic carbocycles. The smallest absolute Gasteiger partial charge is 0.256 e. The summed E-state index contributed by atoms with van der Waals surface area (Å²) in [6.45, 7) is 0.936. The number of carbonyl (C=O) groups excluding carboxylic acids is 1. The molecule has 4 rings (SSSR count). The number of hydrogen-bond donors (Lipinski definition) is 1. The summed E-state index contributed by atoms with van der Waals surface area (Å²) >= 11 is 0. The second-order valence-corrected chi connectivity index (χ2v) is 8.57. The number of amides is 1. The van der Waals surface area contributed by atoms with Crippen LogP contribution in [0, 0.1) is 0 Å². The molecule has 0 spiro atoms. The van der Waals surface area contributed by atoms with Gasteiger partial charge in [-0.15, -0.1) is 4.40 Å². The van der Waals surface area contributed by atoms with Gasteiger partial charge in [-0.1, -0.05) is 48.5 Å². The predicted octanol–water partition coefficient (Wildman–Crippen LogP) is 2.35. The van der Waals surface area contributed by atoms with Crippen molar-refractivity contribution in [2.24, 2.45) is 4.40 Å². The highest BCUT2D eigenvalue weighted by Gasteiger charge is 2.24. The Kier molecular flexibility index (Phi) is 5.67. The quantitative estimate of drug-likeness (QED) is 0.721. The third-order valence-corrected chi connectivity index (χ3v) is 5.87. The highest BCUT2D eigenvalue weighted by Crippen LogP contribution is 2.29. The Hall–Kier alpha value is -3.39. The van der Waals surface area contributed by atoms with Crippen molar-refractivity contribution in [2.75, 3.05) is 25.4 Å². The number of para-hydroxylation sites is 1. The molecule has 2 heterocycles. The molecule has 0 atom stereocenters. The van der Waals surface area contributed by atoms with Crippen molar-refractivity contribution in [3.05, 3.63) is 78.5 Å². The van der Waals surface area contributed by atoms with Crippen molar-refractivity contribution in [1.29, 1.82) is 0 Å². The van der Waals surface area contributed by atoms with E-state index >= 15 is 0 Å². The first-order valence-corrected chi connectivity index (χ1v) is 11.2. The molecule has 0 radical (unpaired) electrons. The summed E-state index contributed by atoms with van der Waals surface area (Å²) in [5.41, 5.74) is 2.50. The molecule has 2 aliphatic heterocycles. The molecule has 8 heteroatoms. The summed E-state index contributed by atoms with van der Waals surface area (Å²) < 4.78 is 32.7. The molecule has 1 amide bonds. The van der Waals surface area contributed by atoms with Crippen LogP contribution in [0.4, 0.5) is 0 Å². The number of rotatable bonds is 6. The third-order valence-electron chi connectivity index (χ3n) is 4.70. The summed E-state index contributed by atoms with van der Waals surface area (Å²) in [7, 11) is -3.41. The molecule has 154 valence electrons. The number of nitrogens with one attached hydrogen (secondary N) is 1. The van der Waals surface area contributed by atoms with Gasteiger partial charge in [-0.05, 0) is 23.8 Å². The maximum absolute atomic E-state index is 12.4. The van der Waals surface area contributed by atoms with E-state index in [0.29, 0.717) is 24.6 Å². The van der Waals surface area contributed by atoms with E-state index in [1.165, 1.54) is 6.08 Å². The minimum absolute atomic E-state index is 0.0651. The van der Waals surface area contributed by atoms with Crippen LogP contribution in [0.1, 0.15) is 0 Å². The van der Waals surface area contributed by atoms with Crippen LogP contribution in [0.2, 0.25) is 0 Å². The van der Waals surface area contributed by atoms with Gasteiger partial charge in [-0.25, -0.2) is 8.42 Å². The molecule has 7 nitrogen and oxygen atoms in total. The maximum Gasteiger partial charge on any atom is 0.256 e. The Morgan fingerprint density at radius 1 is 1.07 bits per heavy atom. The average molecular weight is 423 g/mol. The van der Waals surface area contributed by atoms with Gasteiger partial charge in [-0.3, -0.25) is 4.79 Å². The number of benzene rings is 2. The minimum atomic E-state index is -3.41. The average Bonchev–Trinajstić information content (AvgIpc) is 2.76. The van der Waals surface area contributed by atoms with Crippen LogP contribution in [0.3, 0.4) is 0 Å². The lowest BCUT2D eigenvalue weighted by Crippen LogP contribution is -2.38. The summed E-state index contributed by atoms with van der Waals surface area (Å²) in [5, 5.41) is 2.83. The highest BCUT2D eigenvalue weighted by molar-refractivity contribution is 7.90. The van der Waals surface area contributed by atoms with Crippen LogP contribution in [-0.2, 0) is 14.8 Å². The van der Waals surface area contributed by atoms with E-state index in [9.17, 15) is 13.2 Å². The molecular weight excluding hydrogens is 402 g/mol. The van der Waals surface area contributed by atoms with Gasteiger partial charge in [0.1, 0.15) is 18.2 Å². The zero-order valence-corrected chi connectivity index (χ0v) is 17.0. The minimum Gasteiger partial charge on any atom is -0.491 e. The topological polar surface area (TPSA) is 88.1 Å². The fourth-order valence-electron chi connectivity index (χ4n) is 3.21. The van der Waals surface area contributed by atoms with Crippen molar-refractivity contribution in [3.63, 3.8) is 0 Å². The molecule has 0 saturated heterocycles. The zero-order valence-electron chi connectivity index (χ0n) is 16.2. The standard InChI is InChI=1S/C22H21N3O4S/c26-22(18-10-11-21-24-30(27,28)15-13-25(21)16-18)23-12-14-29-20-9-5-4-8-19(20)17-6-2-1-3-7-17/h1-11,16H,12-15H2,(H,23,26). The first kappa shape index (κ1) is 19.9. The number of fused-ring (bicyclic) bond motifs is 1. The van der Waals surface area contributed by atoms with E-state index in [1.807, 2.05) is 54.6 Å². The van der Waals surface area contributed by atoms with Crippen LogP contribution in [0.15, 0.2) is 82.9 Å². The summed E-state index contributed by atoms with van der Waals surface area (Å²) in [5.74, 6) is 0.771. The van der Waals surface area contributed by atoms with Gasteiger partial charge >= 0.3 is 0 Å². The van der Waals surface area contributed by atoms with Gasteiger partial charge in [0.15, 0.2) is 0 Å². The van der Waals surface area contributed by atoms with Gasteiger partial charge in [0.05, 0.1) is 17.9 Å². The Balaban J connectivity index is 1.33.